The fourth-order valence-electron chi connectivity index (χ4n) is 2.26. The van der Waals surface area contributed by atoms with Crippen molar-refractivity contribution in [3.05, 3.63) is 58.9 Å². The van der Waals surface area contributed by atoms with Crippen molar-refractivity contribution < 1.29 is 5.11 Å². The molecule has 0 aliphatic carbocycles. The monoisotopic (exact) mass is 272 g/mol. The largest absolute Gasteiger partial charge is 0.396 e. The van der Waals surface area contributed by atoms with Gasteiger partial charge in [0.2, 0.25) is 0 Å². The summed E-state index contributed by atoms with van der Waals surface area (Å²) in [5.41, 5.74) is 0.752. The number of hydrogen-bond donors (Lipinski definition) is 2. The predicted octanol–water partition coefficient (Wildman–Crippen LogP) is 2.79. The zero-order valence-electron chi connectivity index (χ0n) is 11.6. The summed E-state index contributed by atoms with van der Waals surface area (Å²) < 4.78 is 1.63. The third-order valence-corrected chi connectivity index (χ3v) is 3.36. The number of fused-ring (bicyclic) bond motifs is 1. The van der Waals surface area contributed by atoms with Gasteiger partial charge in [-0.15, -0.1) is 0 Å². The second-order valence-corrected chi connectivity index (χ2v) is 4.68. The van der Waals surface area contributed by atoms with Crippen molar-refractivity contribution in [2.75, 3.05) is 6.61 Å². The number of hydrogen-bond acceptors (Lipinski definition) is 2. The average Bonchev–Trinajstić information content (AvgIpc) is 2.77. The minimum Gasteiger partial charge on any atom is -0.396 e. The van der Waals surface area contributed by atoms with Crippen molar-refractivity contribution in [1.82, 2.24) is 9.78 Å². The van der Waals surface area contributed by atoms with Crippen LogP contribution >= 0.6 is 0 Å². The van der Waals surface area contributed by atoms with E-state index in [0.29, 0.717) is 11.8 Å². The van der Waals surface area contributed by atoms with Gasteiger partial charge in [-0.05, 0) is 25.0 Å². The van der Waals surface area contributed by atoms with E-state index in [4.69, 9.17) is 5.11 Å². The van der Waals surface area contributed by atoms with Crippen LogP contribution in [-0.2, 0) is 0 Å². The molecule has 1 aromatic heterocycles. The summed E-state index contributed by atoms with van der Waals surface area (Å²) in [6.07, 6.45) is 1.37. The molecule has 106 valence electrons. The van der Waals surface area contributed by atoms with Crippen molar-refractivity contribution in [2.45, 2.75) is 25.8 Å². The molecule has 0 saturated heterocycles. The molecule has 1 heterocycles. The van der Waals surface area contributed by atoms with E-state index in [9.17, 15) is 4.79 Å². The van der Waals surface area contributed by atoms with Crippen LogP contribution in [0.1, 0.15) is 25.8 Å². The summed E-state index contributed by atoms with van der Waals surface area (Å²) in [6, 6.07) is 15.1. The first-order valence-electron chi connectivity index (χ1n) is 6.91. The molecule has 2 aromatic rings. The lowest BCUT2D eigenvalue weighted by atomic mass is 10.2. The maximum atomic E-state index is 12.5. The summed E-state index contributed by atoms with van der Waals surface area (Å²) in [7, 11) is 0. The molecule has 0 amide bonds. The molecule has 1 aromatic carbocycles. The Bertz CT molecular complexity index is 671. The number of rotatable bonds is 4. The molecule has 4 nitrogen and oxygen atoms in total. The Hall–Kier alpha value is -2.07. The minimum absolute atomic E-state index is 0.00184. The first-order valence-corrected chi connectivity index (χ1v) is 6.91. The molecular formula is C16H20N2O2. The van der Waals surface area contributed by atoms with Gasteiger partial charge in [-0.25, -0.2) is 4.68 Å². The van der Waals surface area contributed by atoms with E-state index < -0.39 is 0 Å². The maximum absolute atomic E-state index is 12.5. The standard InChI is InChI=1S/C16H20N2O2/c1-2-13(11-12-19)18-16(20)14-9-7-5-3-4-6-8-10-15(14)17-18/h3-10,13,17,19H,2,11-12H2,1H3. The first-order chi connectivity index (χ1) is 9.77. The molecule has 0 aliphatic heterocycles. The quantitative estimate of drug-likeness (QED) is 0.899. The molecule has 0 saturated carbocycles. The van der Waals surface area contributed by atoms with Crippen molar-refractivity contribution in [2.24, 2.45) is 0 Å². The van der Waals surface area contributed by atoms with E-state index in [-0.39, 0.29) is 18.2 Å². The Labute approximate surface area is 118 Å². The molecule has 1 unspecified atom stereocenters. The topological polar surface area (TPSA) is 58.0 Å². The molecule has 2 N–H and O–H groups in total. The Morgan fingerprint density at radius 2 is 1.80 bits per heavy atom. The van der Waals surface area contributed by atoms with Gasteiger partial charge in [-0.1, -0.05) is 43.3 Å². The lowest BCUT2D eigenvalue weighted by Gasteiger charge is -2.13. The third-order valence-electron chi connectivity index (χ3n) is 3.36. The highest BCUT2D eigenvalue weighted by Gasteiger charge is 2.13. The molecule has 0 bridgehead atoms. The number of aromatic amines is 1. The second-order valence-electron chi connectivity index (χ2n) is 4.68. The number of aliphatic hydroxyl groups excluding tert-OH is 1. The number of aliphatic hydroxyl groups is 1. The summed E-state index contributed by atoms with van der Waals surface area (Å²) in [5.74, 6) is 0. The Balaban J connectivity index is 2.65. The van der Waals surface area contributed by atoms with E-state index >= 15 is 0 Å². The SMILES string of the molecule is CCC(CCO)n1[nH]c2ccccccccc2c1=O. The summed E-state index contributed by atoms with van der Waals surface area (Å²) in [4.78, 5) is 12.5. The lowest BCUT2D eigenvalue weighted by Crippen LogP contribution is -2.22. The molecule has 20 heavy (non-hydrogen) atoms. The van der Waals surface area contributed by atoms with Gasteiger partial charge < -0.3 is 5.11 Å². The van der Waals surface area contributed by atoms with E-state index in [0.717, 1.165) is 11.9 Å². The van der Waals surface area contributed by atoms with Crippen molar-refractivity contribution in [1.29, 1.82) is 0 Å². The summed E-state index contributed by atoms with van der Waals surface area (Å²) in [5, 5.41) is 12.9. The van der Waals surface area contributed by atoms with Crippen LogP contribution in [-0.4, -0.2) is 21.5 Å². The summed E-state index contributed by atoms with van der Waals surface area (Å²) >= 11 is 0. The van der Waals surface area contributed by atoms with E-state index in [2.05, 4.69) is 5.10 Å². The minimum atomic E-state index is -0.0425. The van der Waals surface area contributed by atoms with Gasteiger partial charge in [0.1, 0.15) is 0 Å². The third kappa shape index (κ3) is 3.08. The molecule has 1 atom stereocenters. The fraction of sp³-hybridized carbons (Fsp3) is 0.312. The molecule has 0 spiro atoms. The van der Waals surface area contributed by atoms with Crippen molar-refractivity contribution in [3.63, 3.8) is 0 Å². The van der Waals surface area contributed by atoms with Crippen molar-refractivity contribution in [3.8, 4) is 0 Å². The van der Waals surface area contributed by atoms with Gasteiger partial charge in [0, 0.05) is 6.61 Å². The normalized spacial score (nSPS) is 12.1. The average molecular weight is 272 g/mol. The van der Waals surface area contributed by atoms with Gasteiger partial charge in [0.15, 0.2) is 0 Å². The first kappa shape index (κ1) is 14.3. The second kappa shape index (κ2) is 6.91. The molecule has 2 rings (SSSR count). The van der Waals surface area contributed by atoms with Crippen LogP contribution in [0.2, 0.25) is 0 Å². The van der Waals surface area contributed by atoms with Gasteiger partial charge in [0.05, 0.1) is 16.9 Å². The molecule has 4 heteroatoms. The Morgan fingerprint density at radius 1 is 1.15 bits per heavy atom. The lowest BCUT2D eigenvalue weighted by molar-refractivity contribution is 0.247. The number of H-pyrrole nitrogens is 1. The van der Waals surface area contributed by atoms with Gasteiger partial charge in [-0.3, -0.25) is 9.89 Å². The van der Waals surface area contributed by atoms with Gasteiger partial charge in [0.25, 0.3) is 5.56 Å². The van der Waals surface area contributed by atoms with E-state index in [1.165, 1.54) is 0 Å². The van der Waals surface area contributed by atoms with Crippen LogP contribution in [0, 0.1) is 0 Å². The molecule has 0 radical (unpaired) electrons. The van der Waals surface area contributed by atoms with E-state index in [1.54, 1.807) is 4.68 Å². The highest BCUT2D eigenvalue weighted by Crippen LogP contribution is 2.14. The van der Waals surface area contributed by atoms with Crippen LogP contribution < -0.4 is 5.56 Å². The zero-order valence-corrected chi connectivity index (χ0v) is 11.6. The highest BCUT2D eigenvalue weighted by atomic mass is 16.3. The van der Waals surface area contributed by atoms with Crippen LogP contribution in [0.15, 0.2) is 53.3 Å². The highest BCUT2D eigenvalue weighted by molar-refractivity contribution is 5.76. The number of nitrogens with one attached hydrogen (secondary N) is 1. The Morgan fingerprint density at radius 3 is 2.45 bits per heavy atom. The smallest absolute Gasteiger partial charge is 0.274 e. The van der Waals surface area contributed by atoms with Gasteiger partial charge in [-0.2, -0.15) is 0 Å². The van der Waals surface area contributed by atoms with E-state index in [1.807, 2.05) is 55.5 Å². The Kier molecular flexibility index (Phi) is 4.96. The number of nitrogens with zero attached hydrogens (tertiary/aromatic N) is 1. The fourth-order valence-corrected chi connectivity index (χ4v) is 2.26. The summed E-state index contributed by atoms with van der Waals surface area (Å²) in [6.45, 7) is 2.09. The predicted molar refractivity (Wildman–Crippen MR) is 81.2 cm³/mol. The zero-order chi connectivity index (χ0) is 14.4. The molecule has 0 fully saturated rings. The molecule has 0 aliphatic rings. The van der Waals surface area contributed by atoms with Crippen molar-refractivity contribution >= 4 is 10.9 Å². The van der Waals surface area contributed by atoms with Gasteiger partial charge >= 0.3 is 0 Å². The number of aromatic nitrogens is 2. The van der Waals surface area contributed by atoms with Crippen LogP contribution in [0.4, 0.5) is 0 Å². The molecular weight excluding hydrogens is 252 g/mol. The van der Waals surface area contributed by atoms with Crippen LogP contribution in [0.3, 0.4) is 0 Å². The van der Waals surface area contributed by atoms with Crippen LogP contribution in [0.5, 0.6) is 0 Å². The van der Waals surface area contributed by atoms with Crippen LogP contribution in [0.25, 0.3) is 10.9 Å². The maximum Gasteiger partial charge on any atom is 0.274 e.